The minimum Gasteiger partial charge on any atom is -0.495 e. The summed E-state index contributed by atoms with van der Waals surface area (Å²) in [5.74, 6) is -3.08. The number of ether oxygens (including phenoxy) is 7. The molecule has 0 aliphatic carbocycles. The van der Waals surface area contributed by atoms with E-state index in [1.165, 1.54) is 51.5 Å². The van der Waals surface area contributed by atoms with Crippen molar-refractivity contribution < 1.29 is 76.6 Å². The number of nitrogens with two attached hydrogens (primary N) is 1. The molecule has 0 aromatic heterocycles. The molecule has 0 radical (unpaired) electrons. The summed E-state index contributed by atoms with van der Waals surface area (Å²) in [6, 6.07) is 4.16. The minimum atomic E-state index is -1.91. The Morgan fingerprint density at radius 1 is 1.01 bits per heavy atom. The number of allylic oxidation sites excluding steroid dienone is 3. The zero-order chi connectivity index (χ0) is 63.8. The van der Waals surface area contributed by atoms with Gasteiger partial charge >= 0.3 is 24.2 Å². The maximum Gasteiger partial charge on any atom is 0.412 e. The number of aliphatic hydroxyl groups is 1. The zero-order valence-electron chi connectivity index (χ0n) is 50.5. The summed E-state index contributed by atoms with van der Waals surface area (Å²) in [6.45, 7) is 12.6. The van der Waals surface area contributed by atoms with E-state index in [1.807, 2.05) is 13.0 Å². The Balaban J connectivity index is 1.36. The molecule has 5 rings (SSSR count). The summed E-state index contributed by atoms with van der Waals surface area (Å²) >= 11 is 13.5. The number of aldehydes is 1. The molecule has 0 spiro atoms. The van der Waals surface area contributed by atoms with Crippen LogP contribution in [-0.4, -0.2) is 158 Å². The number of alkyl carbamates (subject to hydrolysis) is 1. The van der Waals surface area contributed by atoms with Crippen molar-refractivity contribution in [1.29, 1.82) is 0 Å². The first-order valence-electron chi connectivity index (χ1n) is 28.3. The van der Waals surface area contributed by atoms with Crippen LogP contribution in [0.2, 0.25) is 5.02 Å². The Morgan fingerprint density at radius 3 is 2.34 bits per heavy atom. The molecule has 86 heavy (non-hydrogen) atoms. The molecule has 476 valence electrons. The van der Waals surface area contributed by atoms with E-state index in [0.717, 1.165) is 11.1 Å². The number of fused-ring (bicyclic) bond motifs is 5. The van der Waals surface area contributed by atoms with Crippen LogP contribution in [0.25, 0.3) is 0 Å². The Hall–Kier alpha value is -6.03. The van der Waals surface area contributed by atoms with Crippen molar-refractivity contribution in [2.45, 2.75) is 159 Å². The minimum absolute atomic E-state index is 0.0378. The molecule has 9 N–H and O–H groups in total. The number of benzene rings is 2. The molecule has 10 atom stereocenters. The lowest BCUT2D eigenvalue weighted by Crippen LogP contribution is -2.63. The molecule has 2 saturated heterocycles. The van der Waals surface area contributed by atoms with Crippen molar-refractivity contribution in [3.05, 3.63) is 64.7 Å². The number of nitrogens with zero attached hydrogens (tertiary/aromatic N) is 1. The topological polar surface area (TPSA) is 326 Å². The summed E-state index contributed by atoms with van der Waals surface area (Å²) in [7, 11) is 5.73. The van der Waals surface area contributed by atoms with Crippen molar-refractivity contribution in [2.75, 3.05) is 61.1 Å². The lowest BCUT2D eigenvalue weighted by Gasteiger charge is -2.42. The third kappa shape index (κ3) is 19.2. The van der Waals surface area contributed by atoms with Crippen LogP contribution < -0.4 is 52.0 Å². The highest BCUT2D eigenvalue weighted by Gasteiger charge is 2.64. The molecule has 24 nitrogen and oxygen atoms in total. The average molecular weight is 1360 g/mol. The van der Waals surface area contributed by atoms with Crippen LogP contribution in [-0.2, 0) is 54.1 Å². The summed E-state index contributed by atoms with van der Waals surface area (Å²) < 4.78 is 40.9. The van der Waals surface area contributed by atoms with E-state index in [4.69, 9.17) is 50.5 Å². The van der Waals surface area contributed by atoms with Gasteiger partial charge < -0.3 is 69.6 Å². The number of esters is 1. The molecule has 3 aliphatic rings. The summed E-state index contributed by atoms with van der Waals surface area (Å²) in [4.78, 5) is 108. The van der Waals surface area contributed by atoms with E-state index in [9.17, 15) is 43.5 Å². The number of alkyl halides is 2. The van der Waals surface area contributed by atoms with Crippen molar-refractivity contribution in [2.24, 2.45) is 23.5 Å². The van der Waals surface area contributed by atoms with E-state index in [-0.39, 0.29) is 65.8 Å². The van der Waals surface area contributed by atoms with Gasteiger partial charge in [-0.05, 0) is 102 Å². The quantitative estimate of drug-likeness (QED) is 0.0120. The molecular weight excluding hydrogens is 1270 g/mol. The molecule has 2 fully saturated rings. The number of nitrogens with one attached hydrogen (secondary N) is 6. The van der Waals surface area contributed by atoms with Crippen LogP contribution in [0.3, 0.4) is 0 Å². The van der Waals surface area contributed by atoms with Gasteiger partial charge in [-0.2, -0.15) is 0 Å². The van der Waals surface area contributed by atoms with Crippen molar-refractivity contribution >= 4 is 109 Å². The maximum atomic E-state index is 14.5. The van der Waals surface area contributed by atoms with E-state index in [1.54, 1.807) is 65.8 Å². The SMILES string of the molecule is COc1cc(NC(=O)O[C@H]2CC(=O)N(C)c3cc(cc(OC)c3Cl)C/C(C)=C/C=C/[C@@H](OC)[C@@]3(O)C[C@H](OC(=O)N3)[C@@H](C)[C@@H]3O[C@@]23C)ccc1NC(=O)[C@H](CCCNC(N)=O)NC(=O)[C@@H](NC(C=O)CCCC(C)(C)OC(=O)C(CBr)CBr)C(C)C. The largest absolute Gasteiger partial charge is 0.495 e. The lowest BCUT2D eigenvalue weighted by atomic mass is 9.83. The van der Waals surface area contributed by atoms with E-state index in [2.05, 4.69) is 63.8 Å². The molecule has 2 aromatic carbocycles. The third-order valence-electron chi connectivity index (χ3n) is 15.4. The summed E-state index contributed by atoms with van der Waals surface area (Å²) in [5.41, 5.74) is 3.43. The van der Waals surface area contributed by atoms with Gasteiger partial charge in [0.2, 0.25) is 17.7 Å². The molecule has 3 heterocycles. The van der Waals surface area contributed by atoms with Crippen LogP contribution in [0.5, 0.6) is 11.5 Å². The van der Waals surface area contributed by atoms with Gasteiger partial charge in [-0.25, -0.2) is 14.4 Å². The fourth-order valence-corrected chi connectivity index (χ4v) is 12.2. The monoisotopic (exact) mass is 1350 g/mol. The number of methoxy groups -OCH3 is 3. The van der Waals surface area contributed by atoms with Gasteiger partial charge in [0.05, 0.1) is 56.1 Å². The van der Waals surface area contributed by atoms with Crippen LogP contribution in [0.4, 0.5) is 31.4 Å². The maximum absolute atomic E-state index is 14.5. The summed E-state index contributed by atoms with van der Waals surface area (Å²) in [6.07, 6.45) is 1.28. The number of rotatable bonds is 25. The molecule has 1 unspecified atom stereocenters. The Kier molecular flexibility index (Phi) is 26.1. The average Bonchev–Trinajstić information content (AvgIpc) is 1.81. The molecule has 0 saturated carbocycles. The van der Waals surface area contributed by atoms with E-state index < -0.39 is 108 Å². The normalized spacial score (nSPS) is 24.5. The van der Waals surface area contributed by atoms with Crippen molar-refractivity contribution in [3.8, 4) is 11.5 Å². The van der Waals surface area contributed by atoms with Crippen molar-refractivity contribution in [3.63, 3.8) is 0 Å². The second-order valence-corrected chi connectivity index (χ2v) is 24.6. The first-order valence-corrected chi connectivity index (χ1v) is 30.9. The fourth-order valence-electron chi connectivity index (χ4n) is 10.3. The number of amides is 7. The highest BCUT2D eigenvalue weighted by molar-refractivity contribution is 9.09. The van der Waals surface area contributed by atoms with Crippen LogP contribution >= 0.6 is 43.5 Å². The van der Waals surface area contributed by atoms with Gasteiger partial charge in [0.25, 0.3) is 0 Å². The van der Waals surface area contributed by atoms with Gasteiger partial charge in [-0.1, -0.05) is 88.0 Å². The second kappa shape index (κ2) is 31.7. The predicted octanol–water partition coefficient (Wildman–Crippen LogP) is 7.33. The fraction of sp³-hybridized carbons (Fsp3) is 0.593. The smallest absolute Gasteiger partial charge is 0.412 e. The van der Waals surface area contributed by atoms with Gasteiger partial charge in [-0.15, -0.1) is 0 Å². The summed E-state index contributed by atoms with van der Waals surface area (Å²) in [5, 5.41) is 29.3. The third-order valence-corrected chi connectivity index (χ3v) is 17.3. The Morgan fingerprint density at radius 2 is 1.71 bits per heavy atom. The number of anilines is 3. The number of carbonyl (C=O) groups is 8. The van der Waals surface area contributed by atoms with E-state index in [0.29, 0.717) is 54.1 Å². The first-order chi connectivity index (χ1) is 40.5. The zero-order valence-corrected chi connectivity index (χ0v) is 54.4. The molecule has 4 bridgehead atoms. The number of carbonyl (C=O) groups excluding carboxylic acids is 8. The van der Waals surface area contributed by atoms with Gasteiger partial charge in [0.1, 0.15) is 58.4 Å². The number of primary amides is 1. The van der Waals surface area contributed by atoms with Gasteiger partial charge in [0.15, 0.2) is 5.72 Å². The second-order valence-electron chi connectivity index (χ2n) is 22.9. The number of urea groups is 1. The molecule has 7 amide bonds. The number of halogens is 3. The molecular formula is C59H83Br2ClN8O16. The van der Waals surface area contributed by atoms with Crippen molar-refractivity contribution in [1.82, 2.24) is 21.3 Å². The van der Waals surface area contributed by atoms with Gasteiger partial charge in [0, 0.05) is 55.5 Å². The van der Waals surface area contributed by atoms with Crippen LogP contribution in [0, 0.1) is 17.8 Å². The highest BCUT2D eigenvalue weighted by atomic mass is 79.9. The first kappa shape index (κ1) is 70.7. The Bertz CT molecular complexity index is 2820. The lowest BCUT2D eigenvalue weighted by molar-refractivity contribution is -0.160. The van der Waals surface area contributed by atoms with Crippen LogP contribution in [0.1, 0.15) is 99.0 Å². The number of epoxide rings is 1. The van der Waals surface area contributed by atoms with E-state index >= 15 is 0 Å². The standard InChI is InChI=1S/C59H83Br2ClN8O16/c1-32(2)49(65-38(31-71)16-13-21-57(5,6)86-53(75)36(29-60)30-61)52(74)68-40(17-14-22-64-54(63)76)51(73)67-39-20-19-37(26-42(39)80-9)66-55(77)84-46-27-47(72)70(8)41-24-35(25-43(81-10)48(41)62)23-33(3)15-12-18-45(82-11)59(79)28-44(83-56(78)69-59)34(4)50-58(46,7)85-50/h12,15,18-20,24-26,31-32,34,36,38,40,44-46,49-50,65,79H,13-14,16-17,21-23,27-30H2,1-11H3,(H,66,77)(H,67,73)(H,68,74)(H,69,78)(H3,63,64,76)/b18-12+,33-15+/t34-,38?,40+,44+,45-,46+,49+,50+,58+,59+/m1/s1. The molecule has 27 heteroatoms. The van der Waals surface area contributed by atoms with Crippen LogP contribution in [0.15, 0.2) is 54.1 Å². The predicted molar refractivity (Wildman–Crippen MR) is 330 cm³/mol. The number of hydrogen-bond acceptors (Lipinski definition) is 17. The Labute approximate surface area is 524 Å². The number of hydrogen-bond donors (Lipinski definition) is 8. The van der Waals surface area contributed by atoms with Gasteiger partial charge in [-0.3, -0.25) is 35.1 Å². The highest BCUT2D eigenvalue weighted by Crippen LogP contribution is 2.49. The molecule has 3 aliphatic heterocycles. The molecule has 2 aromatic rings.